The topological polar surface area (TPSA) is 55.3 Å². The molecule has 3 rings (SSSR count). The predicted molar refractivity (Wildman–Crippen MR) is 96.0 cm³/mol. The molecule has 122 valence electrons. The maximum absolute atomic E-state index is 12.0. The largest absolute Gasteiger partial charge is 0.494 e. The fourth-order valence-corrected chi connectivity index (χ4v) is 2.32. The van der Waals surface area contributed by atoms with Crippen LogP contribution >= 0.6 is 0 Å². The summed E-state index contributed by atoms with van der Waals surface area (Å²) in [5.41, 5.74) is 2.48. The average Bonchev–Trinajstić information content (AvgIpc) is 3.12. The molecule has 0 saturated heterocycles. The molecular formula is C19H19N3O2. The zero-order chi connectivity index (χ0) is 16.8. The summed E-state index contributed by atoms with van der Waals surface area (Å²) < 4.78 is 7.38. The number of aromatic nitrogens is 1. The first-order chi connectivity index (χ1) is 11.7. The minimum Gasteiger partial charge on any atom is -0.494 e. The third kappa shape index (κ3) is 3.95. The Morgan fingerprint density at radius 2 is 1.46 bits per heavy atom. The van der Waals surface area contributed by atoms with E-state index in [2.05, 4.69) is 10.6 Å². The second-order valence-corrected chi connectivity index (χ2v) is 5.17. The highest BCUT2D eigenvalue weighted by molar-refractivity contribution is 5.99. The second kappa shape index (κ2) is 7.37. The normalized spacial score (nSPS) is 10.2. The molecule has 0 saturated carbocycles. The predicted octanol–water partition coefficient (Wildman–Crippen LogP) is 4.52. The molecule has 24 heavy (non-hydrogen) atoms. The maximum Gasteiger partial charge on any atom is 0.323 e. The first-order valence-corrected chi connectivity index (χ1v) is 7.79. The summed E-state index contributed by atoms with van der Waals surface area (Å²) in [7, 11) is 0. The van der Waals surface area contributed by atoms with Crippen molar-refractivity contribution in [1.82, 2.24) is 4.57 Å². The van der Waals surface area contributed by atoms with Gasteiger partial charge in [0.05, 0.1) is 6.61 Å². The van der Waals surface area contributed by atoms with Crippen molar-refractivity contribution in [3.63, 3.8) is 0 Å². The Morgan fingerprint density at radius 1 is 0.917 bits per heavy atom. The van der Waals surface area contributed by atoms with Gasteiger partial charge in [0.1, 0.15) is 5.75 Å². The first-order valence-electron chi connectivity index (χ1n) is 7.79. The standard InChI is InChI=1S/C19H19N3O2/c1-2-24-18-11-7-16(8-12-18)21-19(23)20-15-5-9-17(10-6-15)22-13-3-4-14-22/h3-14H,2H2,1H3,(H2,20,21,23). The number of hydrogen-bond acceptors (Lipinski definition) is 2. The molecule has 0 aliphatic rings. The van der Waals surface area contributed by atoms with Crippen LogP contribution in [-0.2, 0) is 0 Å². The average molecular weight is 321 g/mol. The van der Waals surface area contributed by atoms with Crippen molar-refractivity contribution < 1.29 is 9.53 Å². The Bertz CT molecular complexity index is 778. The third-order valence-corrected chi connectivity index (χ3v) is 3.45. The van der Waals surface area contributed by atoms with E-state index >= 15 is 0 Å². The van der Waals surface area contributed by atoms with E-state index in [4.69, 9.17) is 4.74 Å². The van der Waals surface area contributed by atoms with E-state index in [9.17, 15) is 4.79 Å². The van der Waals surface area contributed by atoms with Gasteiger partial charge in [0.2, 0.25) is 0 Å². The van der Waals surface area contributed by atoms with Gasteiger partial charge in [-0.05, 0) is 67.6 Å². The highest BCUT2D eigenvalue weighted by Crippen LogP contribution is 2.17. The molecule has 0 atom stereocenters. The zero-order valence-electron chi connectivity index (χ0n) is 13.4. The molecule has 2 amide bonds. The maximum atomic E-state index is 12.0. The zero-order valence-corrected chi connectivity index (χ0v) is 13.4. The summed E-state index contributed by atoms with van der Waals surface area (Å²) in [4.78, 5) is 12.0. The lowest BCUT2D eigenvalue weighted by Gasteiger charge is -2.09. The van der Waals surface area contributed by atoms with E-state index in [1.165, 1.54) is 0 Å². The number of nitrogens with one attached hydrogen (secondary N) is 2. The van der Waals surface area contributed by atoms with Gasteiger partial charge >= 0.3 is 6.03 Å². The van der Waals surface area contributed by atoms with E-state index in [-0.39, 0.29) is 6.03 Å². The van der Waals surface area contributed by atoms with Crippen LogP contribution < -0.4 is 15.4 Å². The first kappa shape index (κ1) is 15.7. The van der Waals surface area contributed by atoms with Crippen LogP contribution in [-0.4, -0.2) is 17.2 Å². The fraction of sp³-hybridized carbons (Fsp3) is 0.105. The fourth-order valence-electron chi connectivity index (χ4n) is 2.32. The molecule has 1 heterocycles. The number of urea groups is 1. The number of benzene rings is 2. The van der Waals surface area contributed by atoms with Gasteiger partial charge in [-0.2, -0.15) is 0 Å². The SMILES string of the molecule is CCOc1ccc(NC(=O)Nc2ccc(-n3cccc3)cc2)cc1. The third-order valence-electron chi connectivity index (χ3n) is 3.45. The molecule has 2 N–H and O–H groups in total. The number of amides is 2. The van der Waals surface area contributed by atoms with Crippen LogP contribution in [0.1, 0.15) is 6.92 Å². The van der Waals surface area contributed by atoms with Crippen molar-refractivity contribution in [1.29, 1.82) is 0 Å². The molecule has 0 spiro atoms. The molecule has 5 heteroatoms. The van der Waals surface area contributed by atoms with E-state index < -0.39 is 0 Å². The van der Waals surface area contributed by atoms with Crippen LogP contribution in [0, 0.1) is 0 Å². The second-order valence-electron chi connectivity index (χ2n) is 5.17. The Morgan fingerprint density at radius 3 is 2.00 bits per heavy atom. The Hall–Kier alpha value is -3.21. The lowest BCUT2D eigenvalue weighted by molar-refractivity contribution is 0.262. The van der Waals surface area contributed by atoms with Gasteiger partial charge in [-0.3, -0.25) is 0 Å². The Kier molecular flexibility index (Phi) is 4.81. The lowest BCUT2D eigenvalue weighted by atomic mass is 10.3. The summed E-state index contributed by atoms with van der Waals surface area (Å²) in [6.07, 6.45) is 3.95. The van der Waals surface area contributed by atoms with Gasteiger partial charge in [-0.25, -0.2) is 4.79 Å². The number of carbonyl (C=O) groups is 1. The molecule has 0 bridgehead atoms. The van der Waals surface area contributed by atoms with Gasteiger partial charge in [-0.15, -0.1) is 0 Å². The molecule has 0 unspecified atom stereocenters. The number of ether oxygens (including phenoxy) is 1. The lowest BCUT2D eigenvalue weighted by Crippen LogP contribution is -2.19. The van der Waals surface area contributed by atoms with E-state index in [0.717, 1.165) is 17.1 Å². The molecule has 0 radical (unpaired) electrons. The van der Waals surface area contributed by atoms with Crippen LogP contribution in [0.5, 0.6) is 5.75 Å². The van der Waals surface area contributed by atoms with Crippen LogP contribution in [0.25, 0.3) is 5.69 Å². The summed E-state index contributed by atoms with van der Waals surface area (Å²) in [5, 5.41) is 5.60. The van der Waals surface area contributed by atoms with Gasteiger partial charge < -0.3 is 19.9 Å². The molecule has 2 aromatic carbocycles. The smallest absolute Gasteiger partial charge is 0.323 e. The van der Waals surface area contributed by atoms with Crippen molar-refractivity contribution in [2.75, 3.05) is 17.2 Å². The van der Waals surface area contributed by atoms with E-state index in [1.807, 2.05) is 72.4 Å². The van der Waals surface area contributed by atoms with Crippen LogP contribution in [0.3, 0.4) is 0 Å². The van der Waals surface area contributed by atoms with Crippen molar-refractivity contribution in [2.45, 2.75) is 6.92 Å². The number of rotatable bonds is 5. The van der Waals surface area contributed by atoms with Gasteiger partial charge in [0.15, 0.2) is 0 Å². The van der Waals surface area contributed by atoms with Crippen LogP contribution in [0.15, 0.2) is 73.1 Å². The summed E-state index contributed by atoms with van der Waals surface area (Å²) >= 11 is 0. The number of hydrogen-bond donors (Lipinski definition) is 2. The monoisotopic (exact) mass is 321 g/mol. The van der Waals surface area contributed by atoms with E-state index in [1.54, 1.807) is 12.1 Å². The summed E-state index contributed by atoms with van der Waals surface area (Å²) in [6.45, 7) is 2.55. The molecule has 0 fully saturated rings. The molecule has 3 aromatic rings. The van der Waals surface area contributed by atoms with Crippen LogP contribution in [0.4, 0.5) is 16.2 Å². The Balaban J connectivity index is 1.58. The molecule has 1 aromatic heterocycles. The quantitative estimate of drug-likeness (QED) is 0.726. The van der Waals surface area contributed by atoms with Crippen molar-refractivity contribution in [3.05, 3.63) is 73.1 Å². The van der Waals surface area contributed by atoms with Gasteiger partial charge in [0, 0.05) is 29.5 Å². The highest BCUT2D eigenvalue weighted by Gasteiger charge is 2.03. The highest BCUT2D eigenvalue weighted by atomic mass is 16.5. The number of carbonyl (C=O) groups excluding carboxylic acids is 1. The van der Waals surface area contributed by atoms with Gasteiger partial charge in [-0.1, -0.05) is 0 Å². The van der Waals surface area contributed by atoms with Crippen molar-refractivity contribution in [3.8, 4) is 11.4 Å². The summed E-state index contributed by atoms with van der Waals surface area (Å²) in [6, 6.07) is 18.6. The Labute approximate surface area is 140 Å². The number of anilines is 2. The van der Waals surface area contributed by atoms with E-state index in [0.29, 0.717) is 12.3 Å². The minimum atomic E-state index is -0.284. The van der Waals surface area contributed by atoms with Crippen molar-refractivity contribution >= 4 is 17.4 Å². The van der Waals surface area contributed by atoms with Crippen LogP contribution in [0.2, 0.25) is 0 Å². The van der Waals surface area contributed by atoms with Gasteiger partial charge in [0.25, 0.3) is 0 Å². The molecular weight excluding hydrogens is 302 g/mol. The number of nitrogens with zero attached hydrogens (tertiary/aromatic N) is 1. The molecule has 0 aliphatic carbocycles. The summed E-state index contributed by atoms with van der Waals surface area (Å²) in [5.74, 6) is 0.782. The minimum absolute atomic E-state index is 0.284. The van der Waals surface area contributed by atoms with Crippen molar-refractivity contribution in [2.24, 2.45) is 0 Å². The molecule has 0 aliphatic heterocycles. The molecule has 5 nitrogen and oxygen atoms in total.